The molecule has 1 aliphatic heterocycles. The zero-order valence-corrected chi connectivity index (χ0v) is 17.9. The molecule has 3 aromatic rings. The highest BCUT2D eigenvalue weighted by Gasteiger charge is 2.56. The summed E-state index contributed by atoms with van der Waals surface area (Å²) in [6.07, 6.45) is 5.09. The van der Waals surface area contributed by atoms with Gasteiger partial charge < -0.3 is 20.5 Å². The number of pyridine rings is 2. The lowest BCUT2D eigenvalue weighted by Gasteiger charge is -2.63. The first-order valence-electron chi connectivity index (χ1n) is 10.5. The fourth-order valence-corrected chi connectivity index (χ4v) is 4.74. The van der Waals surface area contributed by atoms with Gasteiger partial charge in [-0.25, -0.2) is 9.50 Å². The highest BCUT2D eigenvalue weighted by atomic mass is 16.5. The highest BCUT2D eigenvalue weighted by Crippen LogP contribution is 2.47. The standard InChI is InChI=1S/C23H26N6O2/c1-13-20(25)18-11-28(21(13)18)19-5-4-14(8-26-19)17-6-16(31-12-23(2,3)30)10-29-22(17)15(7-24)9-27-29/h4-6,8-10,13,18,20-21,30H,11-12,25H2,1-3H3/t13-,18-,20-,21?/m0/s1. The third kappa shape index (κ3) is 3.21. The van der Waals surface area contributed by atoms with E-state index in [0.717, 1.165) is 23.5 Å². The maximum Gasteiger partial charge on any atom is 0.138 e. The van der Waals surface area contributed by atoms with Crippen LogP contribution in [0.5, 0.6) is 5.75 Å². The number of aromatic nitrogens is 3. The van der Waals surface area contributed by atoms with Gasteiger partial charge in [-0.3, -0.25) is 0 Å². The first kappa shape index (κ1) is 19.8. The van der Waals surface area contributed by atoms with Crippen LogP contribution in [0.4, 0.5) is 5.82 Å². The summed E-state index contributed by atoms with van der Waals surface area (Å²) in [6, 6.07) is 8.89. The number of hydrogen-bond acceptors (Lipinski definition) is 7. The number of nitrogens with zero attached hydrogens (tertiary/aromatic N) is 5. The van der Waals surface area contributed by atoms with Crippen LogP contribution in [-0.2, 0) is 0 Å². The number of hydrogen-bond donors (Lipinski definition) is 2. The number of rotatable bonds is 5. The summed E-state index contributed by atoms with van der Waals surface area (Å²) < 4.78 is 7.43. The van der Waals surface area contributed by atoms with Gasteiger partial charge in [-0.15, -0.1) is 0 Å². The molecule has 4 heterocycles. The number of ether oxygens (including phenoxy) is 1. The van der Waals surface area contributed by atoms with E-state index in [1.165, 1.54) is 0 Å². The minimum atomic E-state index is -0.962. The predicted octanol–water partition coefficient (Wildman–Crippen LogP) is 2.20. The molecule has 0 bridgehead atoms. The molecule has 1 unspecified atom stereocenters. The Morgan fingerprint density at radius 2 is 2.16 bits per heavy atom. The van der Waals surface area contributed by atoms with Crippen LogP contribution < -0.4 is 15.4 Å². The fraction of sp³-hybridized carbons (Fsp3) is 0.435. The Hall–Kier alpha value is -3.15. The number of piperidine rings is 1. The molecular formula is C23H26N6O2. The topological polar surface area (TPSA) is 113 Å². The predicted molar refractivity (Wildman–Crippen MR) is 117 cm³/mol. The van der Waals surface area contributed by atoms with Gasteiger partial charge in [0.2, 0.25) is 0 Å². The lowest BCUT2D eigenvalue weighted by Crippen LogP contribution is -2.76. The SMILES string of the molecule is C[C@@H]1C2[C@@H](CN2c2ccc(-c3cc(OCC(C)(C)O)cn4ncc(C#N)c34)cn2)[C@H]1N. The lowest BCUT2D eigenvalue weighted by molar-refractivity contribution is 0.0283. The molecule has 31 heavy (non-hydrogen) atoms. The Bertz CT molecular complexity index is 1170. The van der Waals surface area contributed by atoms with Gasteiger partial charge in [-0.05, 0) is 38.0 Å². The van der Waals surface area contributed by atoms with E-state index in [1.807, 2.05) is 24.4 Å². The summed E-state index contributed by atoms with van der Waals surface area (Å²) in [5.74, 6) is 2.56. The molecule has 4 atom stereocenters. The molecule has 160 valence electrons. The summed E-state index contributed by atoms with van der Waals surface area (Å²) >= 11 is 0. The summed E-state index contributed by atoms with van der Waals surface area (Å²) in [7, 11) is 0. The minimum absolute atomic E-state index is 0.138. The average molecular weight is 419 g/mol. The Labute approximate surface area is 180 Å². The summed E-state index contributed by atoms with van der Waals surface area (Å²) in [5, 5.41) is 23.8. The molecular weight excluding hydrogens is 392 g/mol. The van der Waals surface area contributed by atoms with Crippen LogP contribution in [0, 0.1) is 23.2 Å². The van der Waals surface area contributed by atoms with Crippen molar-refractivity contribution in [3.05, 3.63) is 42.4 Å². The zero-order valence-electron chi connectivity index (χ0n) is 17.9. The van der Waals surface area contributed by atoms with Crippen LogP contribution in [0.25, 0.3) is 16.6 Å². The number of anilines is 1. The van der Waals surface area contributed by atoms with Crippen LogP contribution in [0.1, 0.15) is 26.3 Å². The van der Waals surface area contributed by atoms with E-state index in [-0.39, 0.29) is 6.61 Å². The molecule has 2 fully saturated rings. The monoisotopic (exact) mass is 418 g/mol. The van der Waals surface area contributed by atoms with Crippen molar-refractivity contribution in [1.29, 1.82) is 5.26 Å². The largest absolute Gasteiger partial charge is 0.489 e. The van der Waals surface area contributed by atoms with Gasteiger partial charge in [-0.2, -0.15) is 10.4 Å². The molecule has 3 N–H and O–H groups in total. The van der Waals surface area contributed by atoms with E-state index < -0.39 is 5.60 Å². The normalized spacial score (nSPS) is 24.8. The number of nitriles is 1. The Morgan fingerprint density at radius 1 is 1.35 bits per heavy atom. The number of nitrogens with two attached hydrogens (primary N) is 1. The van der Waals surface area contributed by atoms with E-state index in [0.29, 0.717) is 40.7 Å². The van der Waals surface area contributed by atoms with Crippen LogP contribution in [0.3, 0.4) is 0 Å². The van der Waals surface area contributed by atoms with Crippen LogP contribution in [0.2, 0.25) is 0 Å². The average Bonchev–Trinajstić information content (AvgIpc) is 3.14. The quantitative estimate of drug-likeness (QED) is 0.653. The first-order chi connectivity index (χ1) is 14.8. The van der Waals surface area contributed by atoms with Crippen LogP contribution in [-0.4, -0.2) is 50.5 Å². The van der Waals surface area contributed by atoms with Gasteiger partial charge in [0.05, 0.1) is 29.1 Å². The van der Waals surface area contributed by atoms with Crippen molar-refractivity contribution in [2.45, 2.75) is 38.5 Å². The van der Waals surface area contributed by atoms with E-state index in [9.17, 15) is 10.4 Å². The molecule has 0 spiro atoms. The molecule has 5 rings (SSSR count). The number of fused-ring (bicyclic) bond motifs is 2. The number of aliphatic hydroxyl groups is 1. The van der Waals surface area contributed by atoms with Gasteiger partial charge in [0.15, 0.2) is 0 Å². The molecule has 1 saturated heterocycles. The summed E-state index contributed by atoms with van der Waals surface area (Å²) in [6.45, 7) is 6.67. The molecule has 1 aliphatic carbocycles. The highest BCUT2D eigenvalue weighted by molar-refractivity contribution is 5.85. The Kier molecular flexibility index (Phi) is 4.43. The fourth-order valence-electron chi connectivity index (χ4n) is 4.74. The maximum absolute atomic E-state index is 10.00. The van der Waals surface area contributed by atoms with Gasteiger partial charge in [-0.1, -0.05) is 6.92 Å². The van der Waals surface area contributed by atoms with Crippen molar-refractivity contribution in [3.8, 4) is 22.9 Å². The molecule has 8 heteroatoms. The summed E-state index contributed by atoms with van der Waals surface area (Å²) in [5.41, 5.74) is 8.08. The zero-order chi connectivity index (χ0) is 21.9. The molecule has 0 amide bonds. The van der Waals surface area contributed by atoms with Gasteiger partial charge in [0.1, 0.15) is 24.2 Å². The second-order valence-corrected chi connectivity index (χ2v) is 9.30. The van der Waals surface area contributed by atoms with Crippen molar-refractivity contribution >= 4 is 11.3 Å². The van der Waals surface area contributed by atoms with E-state index in [4.69, 9.17) is 15.5 Å². The molecule has 1 saturated carbocycles. The van der Waals surface area contributed by atoms with E-state index in [1.54, 1.807) is 30.8 Å². The Morgan fingerprint density at radius 3 is 2.81 bits per heavy atom. The van der Waals surface area contributed by atoms with Crippen molar-refractivity contribution in [1.82, 2.24) is 14.6 Å². The molecule has 2 aliphatic rings. The van der Waals surface area contributed by atoms with Crippen molar-refractivity contribution in [2.75, 3.05) is 18.1 Å². The Balaban J connectivity index is 1.48. The smallest absolute Gasteiger partial charge is 0.138 e. The van der Waals surface area contributed by atoms with Crippen molar-refractivity contribution < 1.29 is 9.84 Å². The van der Waals surface area contributed by atoms with Gasteiger partial charge in [0, 0.05) is 41.9 Å². The second-order valence-electron chi connectivity index (χ2n) is 9.30. The van der Waals surface area contributed by atoms with Crippen molar-refractivity contribution in [2.24, 2.45) is 17.6 Å². The van der Waals surface area contributed by atoms with Crippen LogP contribution >= 0.6 is 0 Å². The lowest BCUT2D eigenvalue weighted by atomic mass is 9.60. The first-order valence-corrected chi connectivity index (χ1v) is 10.5. The van der Waals surface area contributed by atoms with Gasteiger partial charge in [0.25, 0.3) is 0 Å². The maximum atomic E-state index is 10.00. The third-order valence-corrected chi connectivity index (χ3v) is 6.50. The molecule has 8 nitrogen and oxygen atoms in total. The van der Waals surface area contributed by atoms with Crippen LogP contribution in [0.15, 0.2) is 36.8 Å². The molecule has 0 radical (unpaired) electrons. The minimum Gasteiger partial charge on any atom is -0.489 e. The summed E-state index contributed by atoms with van der Waals surface area (Å²) in [4.78, 5) is 7.03. The second kappa shape index (κ2) is 6.94. The van der Waals surface area contributed by atoms with E-state index >= 15 is 0 Å². The molecule has 0 aromatic carbocycles. The van der Waals surface area contributed by atoms with E-state index in [2.05, 4.69) is 23.0 Å². The van der Waals surface area contributed by atoms with Gasteiger partial charge >= 0.3 is 0 Å². The molecule has 3 aromatic heterocycles. The van der Waals surface area contributed by atoms with Crippen molar-refractivity contribution in [3.63, 3.8) is 0 Å². The third-order valence-electron chi connectivity index (χ3n) is 6.50.